The van der Waals surface area contributed by atoms with Gasteiger partial charge in [0, 0.05) is 5.39 Å². The van der Waals surface area contributed by atoms with Crippen molar-refractivity contribution in [1.82, 2.24) is 10.3 Å². The van der Waals surface area contributed by atoms with Gasteiger partial charge in [0.15, 0.2) is 0 Å². The molecule has 0 spiro atoms. The van der Waals surface area contributed by atoms with Crippen molar-refractivity contribution in [2.45, 2.75) is 26.8 Å². The van der Waals surface area contributed by atoms with Crippen LogP contribution in [0.15, 0.2) is 30.3 Å². The molecule has 0 aliphatic heterocycles. The summed E-state index contributed by atoms with van der Waals surface area (Å²) < 4.78 is 5.16. The number of pyridine rings is 1. The Balaban J connectivity index is 2.27. The maximum atomic E-state index is 12.3. The van der Waals surface area contributed by atoms with Gasteiger partial charge in [-0.05, 0) is 29.7 Å². The molecule has 0 aliphatic carbocycles. The quantitative estimate of drug-likeness (QED) is 0.945. The minimum atomic E-state index is -0.576. The standard InChI is InChI=1S/C17H19N3O2/c1-17(2,3)15(10-18)20-16(21)14-7-5-11-9-12(22-4)6-8-13(11)19-14/h5-9,15H,1-4H3,(H,20,21). The lowest BCUT2D eigenvalue weighted by molar-refractivity contribution is 0.0917. The van der Waals surface area contributed by atoms with Crippen LogP contribution in [0.4, 0.5) is 0 Å². The Bertz CT molecular complexity index is 742. The van der Waals surface area contributed by atoms with Gasteiger partial charge >= 0.3 is 0 Å². The predicted octanol–water partition coefficient (Wildman–Crippen LogP) is 2.91. The highest BCUT2D eigenvalue weighted by molar-refractivity contribution is 5.95. The summed E-state index contributed by atoms with van der Waals surface area (Å²) in [4.78, 5) is 16.6. The van der Waals surface area contributed by atoms with Gasteiger partial charge in [0.05, 0.1) is 18.7 Å². The molecule has 1 amide bonds. The van der Waals surface area contributed by atoms with Crippen molar-refractivity contribution < 1.29 is 9.53 Å². The lowest BCUT2D eigenvalue weighted by Crippen LogP contribution is -2.42. The number of nitrogens with zero attached hydrogens (tertiary/aromatic N) is 2. The van der Waals surface area contributed by atoms with Crippen molar-refractivity contribution in [3.05, 3.63) is 36.0 Å². The Morgan fingerprint density at radius 3 is 2.64 bits per heavy atom. The number of methoxy groups -OCH3 is 1. The van der Waals surface area contributed by atoms with Gasteiger partial charge in [-0.25, -0.2) is 4.98 Å². The molecule has 0 fully saturated rings. The van der Waals surface area contributed by atoms with Crippen LogP contribution in [0.2, 0.25) is 0 Å². The summed E-state index contributed by atoms with van der Waals surface area (Å²) in [6.45, 7) is 5.71. The van der Waals surface area contributed by atoms with Gasteiger partial charge in [-0.15, -0.1) is 0 Å². The Morgan fingerprint density at radius 2 is 2.05 bits per heavy atom. The lowest BCUT2D eigenvalue weighted by Gasteiger charge is -2.25. The number of nitrogens with one attached hydrogen (secondary N) is 1. The Kier molecular flexibility index (Phi) is 4.32. The highest BCUT2D eigenvalue weighted by atomic mass is 16.5. The first-order chi connectivity index (χ1) is 10.3. The zero-order valence-corrected chi connectivity index (χ0v) is 13.2. The fourth-order valence-electron chi connectivity index (χ4n) is 2.00. The number of benzene rings is 1. The van der Waals surface area contributed by atoms with E-state index < -0.39 is 6.04 Å². The lowest BCUT2D eigenvalue weighted by atomic mass is 9.87. The van der Waals surface area contributed by atoms with Crippen molar-refractivity contribution in [1.29, 1.82) is 5.26 Å². The summed E-state index contributed by atoms with van der Waals surface area (Å²) in [6, 6.07) is 10.5. The second-order valence-corrected chi connectivity index (χ2v) is 6.16. The van der Waals surface area contributed by atoms with Gasteiger partial charge < -0.3 is 10.1 Å². The molecule has 1 N–H and O–H groups in total. The van der Waals surface area contributed by atoms with Gasteiger partial charge in [0.1, 0.15) is 17.5 Å². The van der Waals surface area contributed by atoms with E-state index in [-0.39, 0.29) is 11.3 Å². The molecule has 2 rings (SSSR count). The zero-order valence-electron chi connectivity index (χ0n) is 13.2. The number of amides is 1. The van der Waals surface area contributed by atoms with Crippen LogP contribution in [-0.2, 0) is 0 Å². The Hall–Kier alpha value is -2.61. The molecule has 114 valence electrons. The third kappa shape index (κ3) is 3.34. The molecule has 0 radical (unpaired) electrons. The van der Waals surface area contributed by atoms with E-state index in [0.717, 1.165) is 11.1 Å². The number of hydrogen-bond donors (Lipinski definition) is 1. The molecule has 1 unspecified atom stereocenters. The van der Waals surface area contributed by atoms with E-state index >= 15 is 0 Å². The normalized spacial score (nSPS) is 12.5. The third-order valence-electron chi connectivity index (χ3n) is 3.40. The highest BCUT2D eigenvalue weighted by Crippen LogP contribution is 2.21. The number of ether oxygens (including phenoxy) is 1. The molecule has 1 heterocycles. The molecule has 0 saturated heterocycles. The second-order valence-electron chi connectivity index (χ2n) is 6.16. The monoisotopic (exact) mass is 297 g/mol. The van der Waals surface area contributed by atoms with Gasteiger partial charge in [0.25, 0.3) is 5.91 Å². The number of fused-ring (bicyclic) bond motifs is 1. The first-order valence-corrected chi connectivity index (χ1v) is 7.00. The minimum absolute atomic E-state index is 0.294. The number of rotatable bonds is 3. The van der Waals surface area contributed by atoms with Crippen molar-refractivity contribution >= 4 is 16.8 Å². The molecule has 1 atom stereocenters. The summed E-state index contributed by atoms with van der Waals surface area (Å²) in [5, 5.41) is 12.8. The van der Waals surface area contributed by atoms with E-state index in [1.165, 1.54) is 0 Å². The maximum absolute atomic E-state index is 12.3. The average Bonchev–Trinajstić information content (AvgIpc) is 2.50. The number of nitriles is 1. The Labute approximate surface area is 129 Å². The maximum Gasteiger partial charge on any atom is 0.270 e. The van der Waals surface area contributed by atoms with Crippen LogP contribution >= 0.6 is 0 Å². The highest BCUT2D eigenvalue weighted by Gasteiger charge is 2.26. The summed E-state index contributed by atoms with van der Waals surface area (Å²) in [5.41, 5.74) is 0.661. The molecule has 1 aromatic carbocycles. The van der Waals surface area contributed by atoms with E-state index in [2.05, 4.69) is 16.4 Å². The smallest absolute Gasteiger partial charge is 0.270 e. The predicted molar refractivity (Wildman–Crippen MR) is 84.6 cm³/mol. The SMILES string of the molecule is COc1ccc2nc(C(=O)NC(C#N)C(C)(C)C)ccc2c1. The topological polar surface area (TPSA) is 75.0 Å². The number of carbonyl (C=O) groups excluding carboxylic acids is 1. The molecular weight excluding hydrogens is 278 g/mol. The van der Waals surface area contributed by atoms with Crippen LogP contribution in [0.25, 0.3) is 10.9 Å². The van der Waals surface area contributed by atoms with Gasteiger partial charge in [-0.2, -0.15) is 5.26 Å². The van der Waals surface area contributed by atoms with Crippen LogP contribution in [0.1, 0.15) is 31.3 Å². The van der Waals surface area contributed by atoms with Crippen molar-refractivity contribution in [2.75, 3.05) is 7.11 Å². The first-order valence-electron chi connectivity index (χ1n) is 7.00. The zero-order chi connectivity index (χ0) is 16.3. The van der Waals surface area contributed by atoms with Gasteiger partial charge in [0.2, 0.25) is 0 Å². The van der Waals surface area contributed by atoms with E-state index in [0.29, 0.717) is 11.2 Å². The number of carbonyl (C=O) groups is 1. The number of hydrogen-bond acceptors (Lipinski definition) is 4. The summed E-state index contributed by atoms with van der Waals surface area (Å²) >= 11 is 0. The number of aromatic nitrogens is 1. The molecule has 0 aliphatic rings. The molecule has 2 aromatic rings. The van der Waals surface area contributed by atoms with E-state index in [1.807, 2.05) is 32.9 Å². The summed E-state index contributed by atoms with van der Waals surface area (Å²) in [5.74, 6) is 0.392. The molecule has 0 bridgehead atoms. The first kappa shape index (κ1) is 15.8. The van der Waals surface area contributed by atoms with Gasteiger partial charge in [-0.3, -0.25) is 4.79 Å². The van der Waals surface area contributed by atoms with Crippen LogP contribution < -0.4 is 10.1 Å². The van der Waals surface area contributed by atoms with Crippen molar-refractivity contribution in [3.63, 3.8) is 0 Å². The van der Waals surface area contributed by atoms with Crippen LogP contribution in [0.3, 0.4) is 0 Å². The molecular formula is C17H19N3O2. The Morgan fingerprint density at radius 1 is 1.32 bits per heavy atom. The molecule has 5 nitrogen and oxygen atoms in total. The van der Waals surface area contributed by atoms with E-state index in [1.54, 1.807) is 25.3 Å². The van der Waals surface area contributed by atoms with Crippen molar-refractivity contribution in [3.8, 4) is 11.8 Å². The fourth-order valence-corrected chi connectivity index (χ4v) is 2.00. The molecule has 22 heavy (non-hydrogen) atoms. The summed E-state index contributed by atoms with van der Waals surface area (Å²) in [7, 11) is 1.60. The van der Waals surface area contributed by atoms with Crippen molar-refractivity contribution in [2.24, 2.45) is 5.41 Å². The van der Waals surface area contributed by atoms with E-state index in [9.17, 15) is 10.1 Å². The fraction of sp³-hybridized carbons (Fsp3) is 0.353. The largest absolute Gasteiger partial charge is 0.497 e. The molecule has 1 aromatic heterocycles. The third-order valence-corrected chi connectivity index (χ3v) is 3.40. The minimum Gasteiger partial charge on any atom is -0.497 e. The van der Waals surface area contributed by atoms with Gasteiger partial charge in [-0.1, -0.05) is 26.8 Å². The van der Waals surface area contributed by atoms with Crippen LogP contribution in [0, 0.1) is 16.7 Å². The van der Waals surface area contributed by atoms with E-state index in [4.69, 9.17) is 4.74 Å². The van der Waals surface area contributed by atoms with Crippen LogP contribution in [-0.4, -0.2) is 24.0 Å². The molecule has 5 heteroatoms. The molecule has 0 saturated carbocycles. The average molecular weight is 297 g/mol. The summed E-state index contributed by atoms with van der Waals surface area (Å²) in [6.07, 6.45) is 0. The second kappa shape index (κ2) is 6.02. The van der Waals surface area contributed by atoms with Crippen LogP contribution in [0.5, 0.6) is 5.75 Å².